The SMILES string of the molecule is FC(F)c1[nH]nc2c1COc1ccccc1-2. The summed E-state index contributed by atoms with van der Waals surface area (Å²) in [5, 5.41) is 6.31. The van der Waals surface area contributed by atoms with Gasteiger partial charge < -0.3 is 4.74 Å². The zero-order valence-corrected chi connectivity index (χ0v) is 8.21. The summed E-state index contributed by atoms with van der Waals surface area (Å²) in [4.78, 5) is 0. The highest BCUT2D eigenvalue weighted by molar-refractivity contribution is 5.72. The topological polar surface area (TPSA) is 37.9 Å². The number of halogens is 2. The lowest BCUT2D eigenvalue weighted by Gasteiger charge is -2.16. The Balaban J connectivity index is 2.19. The van der Waals surface area contributed by atoms with Gasteiger partial charge in [-0.15, -0.1) is 0 Å². The number of fused-ring (bicyclic) bond motifs is 3. The minimum Gasteiger partial charge on any atom is -0.488 e. The summed E-state index contributed by atoms with van der Waals surface area (Å²) < 4.78 is 30.7. The second kappa shape index (κ2) is 3.30. The Morgan fingerprint density at radius 2 is 2.12 bits per heavy atom. The van der Waals surface area contributed by atoms with E-state index in [1.54, 1.807) is 6.07 Å². The molecule has 1 aromatic heterocycles. The third kappa shape index (κ3) is 1.21. The van der Waals surface area contributed by atoms with Crippen molar-refractivity contribution >= 4 is 0 Å². The third-order valence-corrected chi connectivity index (χ3v) is 2.63. The van der Waals surface area contributed by atoms with Gasteiger partial charge >= 0.3 is 0 Å². The first-order valence-corrected chi connectivity index (χ1v) is 4.85. The molecule has 16 heavy (non-hydrogen) atoms. The van der Waals surface area contributed by atoms with E-state index in [2.05, 4.69) is 10.2 Å². The average Bonchev–Trinajstić information content (AvgIpc) is 2.73. The molecule has 3 nitrogen and oxygen atoms in total. The number of alkyl halides is 2. The Morgan fingerprint density at radius 3 is 2.94 bits per heavy atom. The largest absolute Gasteiger partial charge is 0.488 e. The first-order valence-electron chi connectivity index (χ1n) is 4.85. The summed E-state index contributed by atoms with van der Waals surface area (Å²) in [6.07, 6.45) is -2.55. The van der Waals surface area contributed by atoms with Gasteiger partial charge in [0.25, 0.3) is 6.43 Å². The van der Waals surface area contributed by atoms with Crippen molar-refractivity contribution in [1.82, 2.24) is 10.2 Å². The van der Waals surface area contributed by atoms with E-state index in [1.807, 2.05) is 18.2 Å². The van der Waals surface area contributed by atoms with Gasteiger partial charge in [0.05, 0.1) is 0 Å². The molecule has 0 radical (unpaired) electrons. The molecule has 0 amide bonds. The van der Waals surface area contributed by atoms with Crippen LogP contribution in [-0.4, -0.2) is 10.2 Å². The van der Waals surface area contributed by atoms with Gasteiger partial charge in [-0.1, -0.05) is 12.1 Å². The predicted octanol–water partition coefficient (Wildman–Crippen LogP) is 2.91. The quantitative estimate of drug-likeness (QED) is 0.805. The fourth-order valence-electron chi connectivity index (χ4n) is 1.87. The highest BCUT2D eigenvalue weighted by Crippen LogP contribution is 2.38. The molecule has 0 aliphatic carbocycles. The fourth-order valence-corrected chi connectivity index (χ4v) is 1.87. The molecule has 82 valence electrons. The summed E-state index contributed by atoms with van der Waals surface area (Å²) in [5.41, 5.74) is 1.63. The van der Waals surface area contributed by atoms with Crippen LogP contribution in [0.3, 0.4) is 0 Å². The molecular formula is C11H8F2N2O. The van der Waals surface area contributed by atoms with Crippen LogP contribution in [0.5, 0.6) is 5.75 Å². The number of H-pyrrole nitrogens is 1. The van der Waals surface area contributed by atoms with Gasteiger partial charge in [-0.2, -0.15) is 5.10 Å². The predicted molar refractivity (Wildman–Crippen MR) is 53.3 cm³/mol. The summed E-state index contributed by atoms with van der Waals surface area (Å²) >= 11 is 0. The molecule has 0 fully saturated rings. The highest BCUT2D eigenvalue weighted by Gasteiger charge is 2.26. The van der Waals surface area contributed by atoms with Gasteiger partial charge in [0.15, 0.2) is 0 Å². The summed E-state index contributed by atoms with van der Waals surface area (Å²) in [6, 6.07) is 7.27. The van der Waals surface area contributed by atoms with Crippen LogP contribution in [0, 0.1) is 0 Å². The van der Waals surface area contributed by atoms with E-state index in [0.717, 1.165) is 5.56 Å². The molecule has 5 heteroatoms. The van der Waals surface area contributed by atoms with Gasteiger partial charge in [0.1, 0.15) is 23.7 Å². The number of aromatic nitrogens is 2. The zero-order chi connectivity index (χ0) is 11.1. The van der Waals surface area contributed by atoms with Crippen LogP contribution in [0.1, 0.15) is 17.7 Å². The van der Waals surface area contributed by atoms with Crippen LogP contribution >= 0.6 is 0 Å². The maximum Gasteiger partial charge on any atom is 0.280 e. The molecule has 0 atom stereocenters. The number of benzene rings is 1. The summed E-state index contributed by atoms with van der Waals surface area (Å²) in [7, 11) is 0. The molecule has 1 aromatic carbocycles. The number of para-hydroxylation sites is 1. The third-order valence-electron chi connectivity index (χ3n) is 2.63. The number of aromatic amines is 1. The summed E-state index contributed by atoms with van der Waals surface area (Å²) in [5.74, 6) is 0.683. The van der Waals surface area contributed by atoms with E-state index < -0.39 is 6.43 Å². The van der Waals surface area contributed by atoms with Crippen molar-refractivity contribution in [2.24, 2.45) is 0 Å². The van der Waals surface area contributed by atoms with E-state index in [1.165, 1.54) is 0 Å². The van der Waals surface area contributed by atoms with Gasteiger partial charge in [0, 0.05) is 11.1 Å². The first-order chi connectivity index (χ1) is 7.77. The Kier molecular flexibility index (Phi) is 1.92. The maximum atomic E-state index is 12.6. The minimum atomic E-state index is -2.55. The van der Waals surface area contributed by atoms with Crippen molar-refractivity contribution in [3.63, 3.8) is 0 Å². The average molecular weight is 222 g/mol. The Labute approximate surface area is 90.1 Å². The molecule has 1 N–H and O–H groups in total. The van der Waals surface area contributed by atoms with Crippen LogP contribution in [0.2, 0.25) is 0 Å². The molecule has 3 rings (SSSR count). The normalized spacial score (nSPS) is 13.2. The molecule has 0 saturated heterocycles. The van der Waals surface area contributed by atoms with Gasteiger partial charge in [-0.05, 0) is 12.1 Å². The first kappa shape index (κ1) is 9.33. The summed E-state index contributed by atoms with van der Waals surface area (Å²) in [6.45, 7) is 0.141. The van der Waals surface area contributed by atoms with E-state index in [0.29, 0.717) is 17.0 Å². The van der Waals surface area contributed by atoms with Crippen LogP contribution in [0.15, 0.2) is 24.3 Å². The van der Waals surface area contributed by atoms with Gasteiger partial charge in [-0.25, -0.2) is 8.78 Å². The van der Waals surface area contributed by atoms with E-state index in [9.17, 15) is 8.78 Å². The smallest absolute Gasteiger partial charge is 0.280 e. The lowest BCUT2D eigenvalue weighted by molar-refractivity contribution is 0.142. The molecule has 1 aliphatic heterocycles. The number of nitrogens with zero attached hydrogens (tertiary/aromatic N) is 1. The van der Waals surface area contributed by atoms with Crippen LogP contribution in [0.4, 0.5) is 8.78 Å². The van der Waals surface area contributed by atoms with Crippen molar-refractivity contribution in [2.45, 2.75) is 13.0 Å². The van der Waals surface area contributed by atoms with Gasteiger partial charge in [-0.3, -0.25) is 5.10 Å². The molecule has 2 heterocycles. The molecule has 0 saturated carbocycles. The van der Waals surface area contributed by atoms with E-state index in [4.69, 9.17) is 4.74 Å². The molecule has 1 aliphatic rings. The zero-order valence-electron chi connectivity index (χ0n) is 8.21. The molecule has 0 bridgehead atoms. The second-order valence-electron chi connectivity index (χ2n) is 3.55. The number of hydrogen-bond acceptors (Lipinski definition) is 2. The van der Waals surface area contributed by atoms with E-state index in [-0.39, 0.29) is 12.3 Å². The molecule has 0 unspecified atom stereocenters. The van der Waals surface area contributed by atoms with Crippen molar-refractivity contribution < 1.29 is 13.5 Å². The second-order valence-corrected chi connectivity index (χ2v) is 3.55. The number of ether oxygens (including phenoxy) is 1. The highest BCUT2D eigenvalue weighted by atomic mass is 19.3. The van der Waals surface area contributed by atoms with Crippen molar-refractivity contribution in [3.8, 4) is 17.0 Å². The molecular weight excluding hydrogens is 214 g/mol. The minimum absolute atomic E-state index is 0.141. The lowest BCUT2D eigenvalue weighted by Crippen LogP contribution is -2.06. The number of rotatable bonds is 1. The van der Waals surface area contributed by atoms with Crippen LogP contribution in [0.25, 0.3) is 11.3 Å². The van der Waals surface area contributed by atoms with Gasteiger partial charge in [0.2, 0.25) is 0 Å². The Morgan fingerprint density at radius 1 is 1.31 bits per heavy atom. The maximum absolute atomic E-state index is 12.6. The monoisotopic (exact) mass is 222 g/mol. The van der Waals surface area contributed by atoms with E-state index >= 15 is 0 Å². The fraction of sp³-hybridized carbons (Fsp3) is 0.182. The number of nitrogens with one attached hydrogen (secondary N) is 1. The van der Waals surface area contributed by atoms with Crippen molar-refractivity contribution in [2.75, 3.05) is 0 Å². The van der Waals surface area contributed by atoms with Crippen molar-refractivity contribution in [3.05, 3.63) is 35.5 Å². The number of hydrogen-bond donors (Lipinski definition) is 1. The standard InChI is InChI=1S/C11H8F2N2O/c12-11(13)10-7-5-16-8-4-2-1-3-6(8)9(7)14-15-10/h1-4,11H,5H2,(H,14,15). The van der Waals surface area contributed by atoms with Crippen LogP contribution in [-0.2, 0) is 6.61 Å². The molecule has 0 spiro atoms. The Hall–Kier alpha value is -1.91. The van der Waals surface area contributed by atoms with Crippen LogP contribution < -0.4 is 4.74 Å². The lowest BCUT2D eigenvalue weighted by atomic mass is 10.0. The Bertz CT molecular complexity index is 537. The van der Waals surface area contributed by atoms with Crippen molar-refractivity contribution in [1.29, 1.82) is 0 Å². The molecule has 2 aromatic rings.